The van der Waals surface area contributed by atoms with E-state index in [1.165, 1.54) is 18.4 Å². The largest absolute Gasteiger partial charge is 0.573 e. The number of alkyl halides is 3. The highest BCUT2D eigenvalue weighted by Gasteiger charge is 2.30. The highest BCUT2D eigenvalue weighted by atomic mass is 127. The van der Waals surface area contributed by atoms with Gasteiger partial charge in [0, 0.05) is 5.69 Å². The van der Waals surface area contributed by atoms with Crippen LogP contribution in [0.3, 0.4) is 0 Å². The van der Waals surface area contributed by atoms with E-state index in [2.05, 4.69) is 20.4 Å². The second kappa shape index (κ2) is 9.89. The van der Waals surface area contributed by atoms with Gasteiger partial charge in [-0.1, -0.05) is 0 Å². The van der Waals surface area contributed by atoms with Crippen LogP contribution in [0.15, 0.2) is 52.1 Å². The highest BCUT2D eigenvalue weighted by Crippen LogP contribution is 2.23. The molecule has 0 aliphatic heterocycles. The number of carbonyl (C=O) groups is 1. The van der Waals surface area contributed by atoms with Crippen LogP contribution in [0.25, 0.3) is 0 Å². The fourth-order valence-corrected chi connectivity index (χ4v) is 1.74. The molecule has 0 aliphatic rings. The Hall–Kier alpha value is -2.44. The van der Waals surface area contributed by atoms with E-state index in [0.717, 1.165) is 12.1 Å². The number of amides is 1. The van der Waals surface area contributed by atoms with Gasteiger partial charge in [0.1, 0.15) is 18.1 Å². The van der Waals surface area contributed by atoms with Crippen molar-refractivity contribution in [2.24, 2.45) is 10.7 Å². The molecule has 0 aliphatic carbocycles. The number of nitrogens with one attached hydrogen (secondary N) is 2. The van der Waals surface area contributed by atoms with Crippen molar-refractivity contribution in [3.63, 3.8) is 0 Å². The Morgan fingerprint density at radius 2 is 1.92 bits per heavy atom. The van der Waals surface area contributed by atoms with Gasteiger partial charge in [0.15, 0.2) is 5.96 Å². The first-order valence-electron chi connectivity index (χ1n) is 7.04. The van der Waals surface area contributed by atoms with Gasteiger partial charge >= 0.3 is 6.36 Å². The first kappa shape index (κ1) is 21.6. The molecule has 0 bridgehead atoms. The summed E-state index contributed by atoms with van der Waals surface area (Å²) in [5, 5.41) is 5.24. The third-order valence-corrected chi connectivity index (χ3v) is 2.79. The monoisotopic (exact) mass is 484 g/mol. The zero-order chi connectivity index (χ0) is 18.3. The third-order valence-electron chi connectivity index (χ3n) is 2.79. The Bertz CT molecular complexity index is 719. The van der Waals surface area contributed by atoms with Crippen LogP contribution in [0.4, 0.5) is 18.9 Å². The lowest BCUT2D eigenvalue weighted by Crippen LogP contribution is -2.28. The molecule has 1 aromatic carbocycles. The number of anilines is 1. The molecule has 26 heavy (non-hydrogen) atoms. The second-order valence-electron chi connectivity index (χ2n) is 4.75. The van der Waals surface area contributed by atoms with Crippen LogP contribution in [0.2, 0.25) is 0 Å². The standard InChI is InChI=1S/C15H15F3N4O3.HI/c16-15(17,18)25-11-5-3-10(4-6-11)22-14(19)21-9-13(23)20-8-12-2-1-7-24-12;/h1-7H,8-9H2,(H,20,23)(H3,19,21,22);1H. The van der Waals surface area contributed by atoms with Gasteiger partial charge in [-0.05, 0) is 36.4 Å². The lowest BCUT2D eigenvalue weighted by Gasteiger charge is -2.10. The summed E-state index contributed by atoms with van der Waals surface area (Å²) in [6, 6.07) is 8.33. The summed E-state index contributed by atoms with van der Waals surface area (Å²) in [5.41, 5.74) is 6.01. The molecule has 11 heteroatoms. The number of halogens is 4. The fraction of sp³-hybridized carbons (Fsp3) is 0.200. The Labute approximate surface area is 163 Å². The number of carbonyl (C=O) groups excluding carboxylic acids is 1. The molecular weight excluding hydrogens is 468 g/mol. The van der Waals surface area contributed by atoms with E-state index in [-0.39, 0.29) is 54.7 Å². The average Bonchev–Trinajstić information content (AvgIpc) is 3.05. The van der Waals surface area contributed by atoms with Crippen LogP contribution in [0.5, 0.6) is 5.75 Å². The van der Waals surface area contributed by atoms with Gasteiger partial charge in [0.05, 0.1) is 12.8 Å². The first-order chi connectivity index (χ1) is 11.8. The van der Waals surface area contributed by atoms with Crippen molar-refractivity contribution in [1.29, 1.82) is 0 Å². The maximum atomic E-state index is 12.1. The molecule has 0 fully saturated rings. The Morgan fingerprint density at radius 1 is 1.23 bits per heavy atom. The highest BCUT2D eigenvalue weighted by molar-refractivity contribution is 14.0. The molecule has 0 saturated carbocycles. The van der Waals surface area contributed by atoms with Gasteiger partial charge in [-0.15, -0.1) is 37.1 Å². The minimum absolute atomic E-state index is 0. The summed E-state index contributed by atoms with van der Waals surface area (Å²) in [6.45, 7) is 0.0180. The summed E-state index contributed by atoms with van der Waals surface area (Å²) in [5.74, 6) is -0.178. The number of nitrogens with two attached hydrogens (primary N) is 1. The summed E-state index contributed by atoms with van der Waals surface area (Å²) in [6.07, 6.45) is -3.26. The maximum absolute atomic E-state index is 12.1. The lowest BCUT2D eigenvalue weighted by molar-refractivity contribution is -0.274. The summed E-state index contributed by atoms with van der Waals surface area (Å²) < 4.78 is 45.0. The number of rotatable bonds is 6. The van der Waals surface area contributed by atoms with Crippen molar-refractivity contribution in [2.75, 3.05) is 11.9 Å². The molecule has 4 N–H and O–H groups in total. The first-order valence-corrected chi connectivity index (χ1v) is 7.04. The fourth-order valence-electron chi connectivity index (χ4n) is 1.74. The molecule has 0 unspecified atom stereocenters. The van der Waals surface area contributed by atoms with Crippen LogP contribution < -0.4 is 21.1 Å². The van der Waals surface area contributed by atoms with Gasteiger partial charge in [-0.2, -0.15) is 0 Å². The Balaban J connectivity index is 0.00000338. The number of ether oxygens (including phenoxy) is 1. The van der Waals surface area contributed by atoms with Crippen LogP contribution in [0.1, 0.15) is 5.76 Å². The predicted octanol–water partition coefficient (Wildman–Crippen LogP) is 2.84. The predicted molar refractivity (Wildman–Crippen MR) is 99.2 cm³/mol. The van der Waals surface area contributed by atoms with E-state index in [9.17, 15) is 18.0 Å². The van der Waals surface area contributed by atoms with E-state index in [4.69, 9.17) is 10.2 Å². The molecular formula is C15H16F3IN4O3. The number of hydrogen-bond donors (Lipinski definition) is 3. The minimum atomic E-state index is -4.75. The van der Waals surface area contributed by atoms with E-state index in [1.807, 2.05) is 0 Å². The molecule has 142 valence electrons. The Morgan fingerprint density at radius 3 is 2.50 bits per heavy atom. The van der Waals surface area contributed by atoms with Crippen LogP contribution >= 0.6 is 24.0 Å². The van der Waals surface area contributed by atoms with Crippen molar-refractivity contribution >= 4 is 41.5 Å². The molecule has 0 atom stereocenters. The van der Waals surface area contributed by atoms with Gasteiger partial charge < -0.3 is 25.5 Å². The molecule has 1 amide bonds. The van der Waals surface area contributed by atoms with Crippen LogP contribution in [-0.4, -0.2) is 24.8 Å². The maximum Gasteiger partial charge on any atom is 0.573 e. The number of nitrogens with zero attached hydrogens (tertiary/aromatic N) is 1. The van der Waals surface area contributed by atoms with Gasteiger partial charge in [-0.3, -0.25) is 4.79 Å². The summed E-state index contributed by atoms with van der Waals surface area (Å²) in [4.78, 5) is 15.4. The molecule has 2 rings (SSSR count). The second-order valence-corrected chi connectivity index (χ2v) is 4.75. The van der Waals surface area contributed by atoms with E-state index in [0.29, 0.717) is 11.4 Å². The van der Waals surface area contributed by atoms with Crippen molar-refractivity contribution in [3.05, 3.63) is 48.4 Å². The summed E-state index contributed by atoms with van der Waals surface area (Å²) >= 11 is 0. The smallest absolute Gasteiger partial charge is 0.467 e. The number of benzene rings is 1. The van der Waals surface area contributed by atoms with Crippen molar-refractivity contribution < 1.29 is 27.1 Å². The topological polar surface area (TPSA) is 102 Å². The molecule has 2 aromatic rings. The quantitative estimate of drug-likeness (QED) is 0.333. The zero-order valence-electron chi connectivity index (χ0n) is 13.2. The lowest BCUT2D eigenvalue weighted by atomic mass is 10.3. The van der Waals surface area contributed by atoms with Crippen LogP contribution in [-0.2, 0) is 11.3 Å². The van der Waals surface area contributed by atoms with Crippen molar-refractivity contribution in [3.8, 4) is 5.75 Å². The zero-order valence-corrected chi connectivity index (χ0v) is 15.6. The molecule has 7 nitrogen and oxygen atoms in total. The van der Waals surface area contributed by atoms with Crippen molar-refractivity contribution in [2.45, 2.75) is 12.9 Å². The number of guanidine groups is 1. The van der Waals surface area contributed by atoms with Gasteiger partial charge in [0.2, 0.25) is 5.91 Å². The Kier molecular flexibility index (Phi) is 8.22. The van der Waals surface area contributed by atoms with Crippen LogP contribution in [0, 0.1) is 0 Å². The third kappa shape index (κ3) is 8.09. The molecule has 1 heterocycles. The normalized spacial score (nSPS) is 11.4. The molecule has 0 spiro atoms. The van der Waals surface area contributed by atoms with E-state index < -0.39 is 6.36 Å². The molecule has 0 radical (unpaired) electrons. The van der Waals surface area contributed by atoms with Crippen molar-refractivity contribution in [1.82, 2.24) is 5.32 Å². The molecule has 1 aromatic heterocycles. The van der Waals surface area contributed by atoms with Gasteiger partial charge in [-0.25, -0.2) is 4.99 Å². The minimum Gasteiger partial charge on any atom is -0.467 e. The average molecular weight is 484 g/mol. The van der Waals surface area contributed by atoms with E-state index in [1.54, 1.807) is 12.1 Å². The SMILES string of the molecule is I.NC(=NCC(=O)NCc1ccco1)Nc1ccc(OC(F)(F)F)cc1. The van der Waals surface area contributed by atoms with E-state index >= 15 is 0 Å². The van der Waals surface area contributed by atoms with Gasteiger partial charge in [0.25, 0.3) is 0 Å². The summed E-state index contributed by atoms with van der Waals surface area (Å²) in [7, 11) is 0. The molecule has 0 saturated heterocycles. The number of aliphatic imine (C=N–C) groups is 1. The number of hydrogen-bond acceptors (Lipinski definition) is 4. The number of furan rings is 1.